The van der Waals surface area contributed by atoms with Crippen LogP contribution in [-0.2, 0) is 0 Å². The Kier molecular flexibility index (Phi) is 3.22. The maximum Gasteiger partial charge on any atom is 0.249 e. The zero-order valence-corrected chi connectivity index (χ0v) is 12.1. The van der Waals surface area contributed by atoms with E-state index in [1.807, 2.05) is 30.3 Å². The van der Waals surface area contributed by atoms with Gasteiger partial charge < -0.3 is 5.73 Å². The predicted octanol–water partition coefficient (Wildman–Crippen LogP) is 3.45. The summed E-state index contributed by atoms with van der Waals surface area (Å²) in [5.74, 6) is -0.177. The van der Waals surface area contributed by atoms with E-state index in [1.165, 1.54) is 0 Å². The molecule has 0 aliphatic carbocycles. The molecule has 0 aliphatic rings. The lowest BCUT2D eigenvalue weighted by Crippen LogP contribution is -2.15. The van der Waals surface area contributed by atoms with Crippen molar-refractivity contribution in [1.82, 2.24) is 10.2 Å². The zero-order chi connectivity index (χ0) is 15.0. The first-order valence-electron chi connectivity index (χ1n) is 6.94. The first-order chi connectivity index (χ1) is 10.1. The Bertz CT molecular complexity index is 818. The van der Waals surface area contributed by atoms with Crippen LogP contribution in [0.15, 0.2) is 42.6 Å². The van der Waals surface area contributed by atoms with Gasteiger partial charge in [0.15, 0.2) is 0 Å². The van der Waals surface area contributed by atoms with Gasteiger partial charge in [-0.15, -0.1) is 0 Å². The lowest BCUT2D eigenvalue weighted by atomic mass is 9.88. The van der Waals surface area contributed by atoms with Crippen molar-refractivity contribution in [2.45, 2.75) is 19.8 Å². The molecule has 1 amide bonds. The van der Waals surface area contributed by atoms with E-state index in [2.05, 4.69) is 24.0 Å². The highest BCUT2D eigenvalue weighted by Crippen LogP contribution is 2.33. The first kappa shape index (κ1) is 13.4. The lowest BCUT2D eigenvalue weighted by molar-refractivity contribution is 0.0999. The molecule has 0 fully saturated rings. The van der Waals surface area contributed by atoms with E-state index >= 15 is 0 Å². The van der Waals surface area contributed by atoms with Crippen LogP contribution in [0.2, 0.25) is 0 Å². The summed E-state index contributed by atoms with van der Waals surface area (Å²) < 4.78 is 0. The number of rotatable bonds is 3. The number of nitrogens with two attached hydrogens (primary N) is 1. The molecule has 106 valence electrons. The lowest BCUT2D eigenvalue weighted by Gasteiger charge is -2.16. The quantitative estimate of drug-likeness (QED) is 0.770. The topological polar surface area (TPSA) is 71.8 Å². The van der Waals surface area contributed by atoms with Gasteiger partial charge in [0.2, 0.25) is 5.91 Å². The molecular formula is C17H17N3O. The van der Waals surface area contributed by atoms with Crippen LogP contribution in [0.4, 0.5) is 0 Å². The first-order valence-corrected chi connectivity index (χ1v) is 6.94. The minimum absolute atomic E-state index is 0.209. The Labute approximate surface area is 123 Å². The minimum Gasteiger partial charge on any atom is -0.366 e. The van der Waals surface area contributed by atoms with Crippen molar-refractivity contribution in [2.24, 2.45) is 5.73 Å². The predicted molar refractivity (Wildman–Crippen MR) is 84.1 cm³/mol. The number of nitrogens with one attached hydrogen (secondary N) is 1. The van der Waals surface area contributed by atoms with Crippen LogP contribution >= 0.6 is 0 Å². The second-order valence-electron chi connectivity index (χ2n) is 5.46. The number of aromatic amines is 1. The van der Waals surface area contributed by atoms with E-state index in [0.29, 0.717) is 5.56 Å². The van der Waals surface area contributed by atoms with Gasteiger partial charge >= 0.3 is 0 Å². The Morgan fingerprint density at radius 1 is 1.24 bits per heavy atom. The molecule has 3 rings (SSSR count). The monoisotopic (exact) mass is 279 g/mol. The molecule has 4 nitrogen and oxygen atoms in total. The summed E-state index contributed by atoms with van der Waals surface area (Å²) in [6, 6.07) is 11.8. The summed E-state index contributed by atoms with van der Waals surface area (Å²) in [4.78, 5) is 11.7. The van der Waals surface area contributed by atoms with E-state index in [1.54, 1.807) is 12.3 Å². The molecule has 0 saturated carbocycles. The summed E-state index contributed by atoms with van der Waals surface area (Å²) in [6.45, 7) is 4.14. The molecule has 0 radical (unpaired) electrons. The Balaban J connectivity index is 2.25. The SMILES string of the molecule is CC(C)c1c(C(N)=O)cccc1-c1ccc2cn[nH]c2c1. The van der Waals surface area contributed by atoms with Crippen molar-refractivity contribution in [2.75, 3.05) is 0 Å². The molecule has 0 bridgehead atoms. The second kappa shape index (κ2) is 5.05. The molecular weight excluding hydrogens is 262 g/mol. The summed E-state index contributed by atoms with van der Waals surface area (Å²) in [5.41, 5.74) is 10.2. The number of hydrogen-bond acceptors (Lipinski definition) is 2. The van der Waals surface area contributed by atoms with Gasteiger partial charge in [0.05, 0.1) is 11.7 Å². The fraction of sp³-hybridized carbons (Fsp3) is 0.176. The van der Waals surface area contributed by atoms with Crippen molar-refractivity contribution in [3.63, 3.8) is 0 Å². The molecule has 0 aliphatic heterocycles. The summed E-state index contributed by atoms with van der Waals surface area (Å²) in [7, 11) is 0. The van der Waals surface area contributed by atoms with Gasteiger partial charge in [-0.25, -0.2) is 0 Å². The number of nitrogens with zero attached hydrogens (tertiary/aromatic N) is 1. The molecule has 4 heteroatoms. The summed E-state index contributed by atoms with van der Waals surface area (Å²) in [5, 5.41) is 8.08. The number of carbonyl (C=O) groups excluding carboxylic acids is 1. The number of primary amides is 1. The van der Waals surface area contributed by atoms with E-state index < -0.39 is 0 Å². The van der Waals surface area contributed by atoms with Gasteiger partial charge in [-0.2, -0.15) is 5.10 Å². The Morgan fingerprint density at radius 3 is 2.76 bits per heavy atom. The van der Waals surface area contributed by atoms with Gasteiger partial charge in [-0.05, 0) is 34.7 Å². The van der Waals surface area contributed by atoms with Crippen molar-refractivity contribution in [1.29, 1.82) is 0 Å². The Hall–Kier alpha value is -2.62. The van der Waals surface area contributed by atoms with E-state index in [9.17, 15) is 4.79 Å². The molecule has 1 heterocycles. The fourth-order valence-electron chi connectivity index (χ4n) is 2.76. The zero-order valence-electron chi connectivity index (χ0n) is 12.1. The molecule has 0 spiro atoms. The van der Waals surface area contributed by atoms with E-state index in [-0.39, 0.29) is 11.8 Å². The van der Waals surface area contributed by atoms with Crippen LogP contribution in [-0.4, -0.2) is 16.1 Å². The number of carbonyl (C=O) groups is 1. The average molecular weight is 279 g/mol. The molecule has 0 unspecified atom stereocenters. The van der Waals surface area contributed by atoms with Crippen molar-refractivity contribution >= 4 is 16.8 Å². The highest BCUT2D eigenvalue weighted by atomic mass is 16.1. The number of amides is 1. The number of fused-ring (bicyclic) bond motifs is 1. The van der Waals surface area contributed by atoms with Gasteiger partial charge in [0, 0.05) is 10.9 Å². The van der Waals surface area contributed by atoms with Gasteiger partial charge in [0.25, 0.3) is 0 Å². The molecule has 3 aromatic rings. The average Bonchev–Trinajstić information content (AvgIpc) is 2.93. The maximum atomic E-state index is 11.7. The number of H-pyrrole nitrogens is 1. The van der Waals surface area contributed by atoms with Crippen molar-refractivity contribution in [3.05, 3.63) is 53.7 Å². The van der Waals surface area contributed by atoms with Crippen molar-refractivity contribution in [3.8, 4) is 11.1 Å². The number of benzene rings is 2. The minimum atomic E-state index is -0.386. The normalized spacial score (nSPS) is 11.2. The van der Waals surface area contributed by atoms with Crippen LogP contribution in [0, 0.1) is 0 Å². The van der Waals surface area contributed by atoms with Gasteiger partial charge in [0.1, 0.15) is 0 Å². The highest BCUT2D eigenvalue weighted by molar-refractivity contribution is 5.97. The molecule has 1 aromatic heterocycles. The second-order valence-corrected chi connectivity index (χ2v) is 5.46. The molecule has 0 atom stereocenters. The summed E-state index contributed by atoms with van der Waals surface area (Å²) >= 11 is 0. The van der Waals surface area contributed by atoms with E-state index in [4.69, 9.17) is 5.73 Å². The fourth-order valence-corrected chi connectivity index (χ4v) is 2.76. The number of hydrogen-bond donors (Lipinski definition) is 2. The van der Waals surface area contributed by atoms with Crippen LogP contribution in [0.25, 0.3) is 22.0 Å². The number of aromatic nitrogens is 2. The third-order valence-corrected chi connectivity index (χ3v) is 3.70. The third-order valence-electron chi connectivity index (χ3n) is 3.70. The standard InChI is InChI=1S/C17H17N3O/c1-10(2)16-13(4-3-5-14(16)17(18)21)11-6-7-12-9-19-20-15(12)8-11/h3-10H,1-2H3,(H2,18,21)(H,19,20). The van der Waals surface area contributed by atoms with E-state index in [0.717, 1.165) is 27.6 Å². The van der Waals surface area contributed by atoms with Crippen LogP contribution in [0.3, 0.4) is 0 Å². The molecule has 21 heavy (non-hydrogen) atoms. The molecule has 2 aromatic carbocycles. The highest BCUT2D eigenvalue weighted by Gasteiger charge is 2.16. The van der Waals surface area contributed by atoms with Crippen molar-refractivity contribution < 1.29 is 4.79 Å². The molecule has 0 saturated heterocycles. The van der Waals surface area contributed by atoms with Gasteiger partial charge in [-0.3, -0.25) is 9.89 Å². The van der Waals surface area contributed by atoms with Crippen LogP contribution < -0.4 is 5.73 Å². The Morgan fingerprint density at radius 2 is 2.05 bits per heavy atom. The third kappa shape index (κ3) is 2.29. The van der Waals surface area contributed by atoms with Crippen LogP contribution in [0.1, 0.15) is 35.7 Å². The largest absolute Gasteiger partial charge is 0.366 e. The van der Waals surface area contributed by atoms with Crippen LogP contribution in [0.5, 0.6) is 0 Å². The smallest absolute Gasteiger partial charge is 0.249 e. The maximum absolute atomic E-state index is 11.7. The molecule has 3 N–H and O–H groups in total. The van der Waals surface area contributed by atoms with Gasteiger partial charge in [-0.1, -0.05) is 38.1 Å². The summed E-state index contributed by atoms with van der Waals surface area (Å²) in [6.07, 6.45) is 1.79.